The predicted molar refractivity (Wildman–Crippen MR) is 116 cm³/mol. The fraction of sp³-hybridized carbons (Fsp3) is 0.417. The van der Waals surface area contributed by atoms with Gasteiger partial charge in [-0.05, 0) is 50.3 Å². The van der Waals surface area contributed by atoms with E-state index in [0.717, 1.165) is 43.7 Å². The molecule has 5 nitrogen and oxygen atoms in total. The minimum atomic E-state index is -0.311. The van der Waals surface area contributed by atoms with Crippen molar-refractivity contribution < 1.29 is 4.79 Å². The Balaban J connectivity index is 1.53. The van der Waals surface area contributed by atoms with Gasteiger partial charge in [0.05, 0.1) is 0 Å². The van der Waals surface area contributed by atoms with Crippen molar-refractivity contribution in [3.8, 4) is 11.3 Å². The summed E-state index contributed by atoms with van der Waals surface area (Å²) in [4.78, 5) is 33.2. The molecule has 2 atom stereocenters. The van der Waals surface area contributed by atoms with Gasteiger partial charge in [-0.2, -0.15) is 0 Å². The number of fused-ring (bicyclic) bond motifs is 4. The third-order valence-corrected chi connectivity index (χ3v) is 6.07. The Morgan fingerprint density at radius 3 is 2.59 bits per heavy atom. The average Bonchev–Trinajstić information content (AvgIpc) is 3.04. The zero-order valence-corrected chi connectivity index (χ0v) is 17.2. The Morgan fingerprint density at radius 1 is 1.07 bits per heavy atom. The van der Waals surface area contributed by atoms with E-state index in [1.807, 2.05) is 41.3 Å². The Labute approximate surface area is 172 Å². The Hall–Kier alpha value is -2.66. The fourth-order valence-corrected chi connectivity index (χ4v) is 4.47. The minimum Gasteiger partial charge on any atom is -0.337 e. The van der Waals surface area contributed by atoms with Crippen LogP contribution in [-0.2, 0) is 0 Å². The van der Waals surface area contributed by atoms with Crippen molar-refractivity contribution in [3.63, 3.8) is 0 Å². The van der Waals surface area contributed by atoms with Gasteiger partial charge in [-0.15, -0.1) is 0 Å². The molecule has 1 aromatic heterocycles. The SMILES string of the molecule is CC(C)=CCN1C[C@H]2CC[C@@H]1CN(C(=O)c1ccc(-c3ccccc3)[nH]c1=O)C2. The summed E-state index contributed by atoms with van der Waals surface area (Å²) in [7, 11) is 0. The van der Waals surface area contributed by atoms with E-state index in [1.54, 1.807) is 6.07 Å². The number of hydrogen-bond acceptors (Lipinski definition) is 3. The summed E-state index contributed by atoms with van der Waals surface area (Å²) in [6, 6.07) is 13.6. The molecule has 1 amide bonds. The maximum Gasteiger partial charge on any atom is 0.261 e. The number of carbonyl (C=O) groups excluding carboxylic acids is 1. The summed E-state index contributed by atoms with van der Waals surface area (Å²) in [5, 5.41) is 0. The van der Waals surface area contributed by atoms with Crippen molar-refractivity contribution in [2.24, 2.45) is 5.92 Å². The topological polar surface area (TPSA) is 56.4 Å². The summed E-state index contributed by atoms with van der Waals surface area (Å²) < 4.78 is 0. The molecule has 0 spiro atoms. The van der Waals surface area contributed by atoms with Crippen molar-refractivity contribution >= 4 is 5.91 Å². The smallest absolute Gasteiger partial charge is 0.261 e. The highest BCUT2D eigenvalue weighted by molar-refractivity contribution is 5.94. The molecule has 2 bridgehead atoms. The Morgan fingerprint density at radius 2 is 1.86 bits per heavy atom. The van der Waals surface area contributed by atoms with Crippen LogP contribution in [0.2, 0.25) is 0 Å². The number of pyridine rings is 1. The van der Waals surface area contributed by atoms with Crippen LogP contribution in [0.3, 0.4) is 0 Å². The highest BCUT2D eigenvalue weighted by Gasteiger charge is 2.36. The first-order valence-corrected chi connectivity index (χ1v) is 10.5. The molecule has 3 saturated heterocycles. The van der Waals surface area contributed by atoms with Crippen molar-refractivity contribution in [3.05, 3.63) is 70.0 Å². The summed E-state index contributed by atoms with van der Waals surface area (Å²) in [5.74, 6) is 0.331. The number of H-pyrrole nitrogens is 1. The second-order valence-corrected chi connectivity index (χ2v) is 8.52. The first-order chi connectivity index (χ1) is 14.0. The van der Waals surface area contributed by atoms with Gasteiger partial charge in [-0.25, -0.2) is 0 Å². The normalized spacial score (nSPS) is 21.7. The fourth-order valence-electron chi connectivity index (χ4n) is 4.47. The third-order valence-electron chi connectivity index (χ3n) is 6.07. The van der Waals surface area contributed by atoms with Crippen LogP contribution < -0.4 is 5.56 Å². The van der Waals surface area contributed by atoms with Gasteiger partial charge >= 0.3 is 0 Å². The molecule has 3 aliphatic heterocycles. The molecule has 3 aliphatic rings. The number of nitrogens with one attached hydrogen (secondary N) is 1. The van der Waals surface area contributed by atoms with Crippen LogP contribution in [0, 0.1) is 5.92 Å². The number of aromatic amines is 1. The summed E-state index contributed by atoms with van der Waals surface area (Å²) in [6.07, 6.45) is 4.54. The number of piperidine rings is 1. The van der Waals surface area contributed by atoms with Crippen molar-refractivity contribution in [2.45, 2.75) is 32.7 Å². The zero-order chi connectivity index (χ0) is 20.4. The van der Waals surface area contributed by atoms with E-state index in [0.29, 0.717) is 18.5 Å². The first kappa shape index (κ1) is 19.6. The molecule has 5 rings (SSSR count). The lowest BCUT2D eigenvalue weighted by Gasteiger charge is -2.35. The maximum atomic E-state index is 13.2. The van der Waals surface area contributed by atoms with Crippen LogP contribution in [0.25, 0.3) is 11.3 Å². The van der Waals surface area contributed by atoms with Crippen LogP contribution in [-0.4, -0.2) is 52.9 Å². The molecule has 1 aromatic carbocycles. The Kier molecular flexibility index (Phi) is 5.67. The number of nitrogens with zero attached hydrogens (tertiary/aromatic N) is 2. The molecule has 0 saturated carbocycles. The van der Waals surface area contributed by atoms with Gasteiger partial charge in [0, 0.05) is 37.9 Å². The predicted octanol–water partition coefficient (Wildman–Crippen LogP) is 3.54. The van der Waals surface area contributed by atoms with Crippen LogP contribution in [0.15, 0.2) is 58.9 Å². The van der Waals surface area contributed by atoms with Crippen LogP contribution >= 0.6 is 0 Å². The number of aromatic nitrogens is 1. The minimum absolute atomic E-state index is 0.146. The van der Waals surface area contributed by atoms with E-state index < -0.39 is 0 Å². The van der Waals surface area contributed by atoms with E-state index in [2.05, 4.69) is 29.8 Å². The molecule has 1 N–H and O–H groups in total. The number of rotatable bonds is 4. The number of carbonyl (C=O) groups is 1. The van der Waals surface area contributed by atoms with E-state index in [-0.39, 0.29) is 17.0 Å². The third kappa shape index (κ3) is 4.35. The van der Waals surface area contributed by atoms with E-state index in [1.165, 1.54) is 5.57 Å². The van der Waals surface area contributed by atoms with Gasteiger partial charge < -0.3 is 9.88 Å². The molecule has 29 heavy (non-hydrogen) atoms. The largest absolute Gasteiger partial charge is 0.337 e. The van der Waals surface area contributed by atoms with Crippen LogP contribution in [0.1, 0.15) is 37.0 Å². The number of amides is 1. The molecule has 5 heteroatoms. The van der Waals surface area contributed by atoms with Gasteiger partial charge in [0.25, 0.3) is 11.5 Å². The van der Waals surface area contributed by atoms with E-state index in [4.69, 9.17) is 0 Å². The monoisotopic (exact) mass is 391 g/mol. The van der Waals surface area contributed by atoms with Gasteiger partial charge in [0.2, 0.25) is 0 Å². The average molecular weight is 392 g/mol. The molecule has 4 heterocycles. The maximum absolute atomic E-state index is 13.2. The first-order valence-electron chi connectivity index (χ1n) is 10.5. The lowest BCUT2D eigenvalue weighted by molar-refractivity contribution is 0.0738. The van der Waals surface area contributed by atoms with Crippen molar-refractivity contribution in [1.29, 1.82) is 0 Å². The summed E-state index contributed by atoms with van der Waals surface area (Å²) >= 11 is 0. The van der Waals surface area contributed by atoms with Gasteiger partial charge in [0.1, 0.15) is 5.56 Å². The van der Waals surface area contributed by atoms with Crippen molar-refractivity contribution in [1.82, 2.24) is 14.8 Å². The van der Waals surface area contributed by atoms with Crippen LogP contribution in [0.5, 0.6) is 0 Å². The molecule has 2 aromatic rings. The summed E-state index contributed by atoms with van der Waals surface area (Å²) in [5.41, 5.74) is 2.92. The highest BCUT2D eigenvalue weighted by Crippen LogP contribution is 2.28. The lowest BCUT2D eigenvalue weighted by Crippen LogP contribution is -2.44. The second kappa shape index (κ2) is 8.37. The van der Waals surface area contributed by atoms with E-state index in [9.17, 15) is 9.59 Å². The zero-order valence-electron chi connectivity index (χ0n) is 17.2. The molecule has 3 fully saturated rings. The van der Waals surface area contributed by atoms with Crippen molar-refractivity contribution in [2.75, 3.05) is 26.2 Å². The number of benzene rings is 1. The van der Waals surface area contributed by atoms with Crippen LogP contribution in [0.4, 0.5) is 0 Å². The molecular weight excluding hydrogens is 362 g/mol. The second-order valence-electron chi connectivity index (χ2n) is 8.52. The number of hydrogen-bond donors (Lipinski definition) is 1. The lowest BCUT2D eigenvalue weighted by atomic mass is 9.95. The van der Waals surface area contributed by atoms with E-state index >= 15 is 0 Å². The standard InChI is InChI=1S/C24H29N3O2/c1-17(2)12-13-26-14-18-8-9-20(26)16-27(15-18)24(29)21-10-11-22(25-23(21)28)19-6-4-3-5-7-19/h3-7,10-12,18,20H,8-9,13-16H2,1-2H3,(H,25,28)/t18-,20-/m1/s1. The number of allylic oxidation sites excluding steroid dienone is 1. The quantitative estimate of drug-likeness (QED) is 0.811. The van der Waals surface area contributed by atoms with Gasteiger partial charge in [-0.3, -0.25) is 14.5 Å². The highest BCUT2D eigenvalue weighted by atomic mass is 16.2. The van der Waals surface area contributed by atoms with Gasteiger partial charge in [0.15, 0.2) is 0 Å². The molecule has 0 aliphatic carbocycles. The molecule has 0 unspecified atom stereocenters. The molecular formula is C24H29N3O2. The van der Waals surface area contributed by atoms with Gasteiger partial charge in [-0.1, -0.05) is 42.0 Å². The summed E-state index contributed by atoms with van der Waals surface area (Å²) in [6.45, 7) is 7.65. The molecule has 152 valence electrons. The Bertz CT molecular complexity index is 960. The molecule has 0 radical (unpaired) electrons.